The van der Waals surface area contributed by atoms with Crippen molar-refractivity contribution in [3.8, 4) is 0 Å². The zero-order chi connectivity index (χ0) is 13.1. The van der Waals surface area contributed by atoms with Gasteiger partial charge in [-0.25, -0.2) is 10.8 Å². The van der Waals surface area contributed by atoms with E-state index in [1.54, 1.807) is 11.3 Å². The summed E-state index contributed by atoms with van der Waals surface area (Å²) in [5.74, 6) is 5.37. The topological polar surface area (TPSA) is 57.4 Å². The molecular formula is C13H23N5S. The van der Waals surface area contributed by atoms with Gasteiger partial charge in [-0.3, -0.25) is 15.2 Å². The lowest BCUT2D eigenvalue weighted by atomic mass is 10.1. The summed E-state index contributed by atoms with van der Waals surface area (Å²) in [4.78, 5) is 10.8. The van der Waals surface area contributed by atoms with Gasteiger partial charge in [-0.2, -0.15) is 0 Å². The fourth-order valence-corrected chi connectivity index (χ4v) is 3.97. The quantitative estimate of drug-likeness (QED) is 0.647. The van der Waals surface area contributed by atoms with Gasteiger partial charge in [0, 0.05) is 36.8 Å². The minimum atomic E-state index is 0.778. The highest BCUT2D eigenvalue weighted by molar-refractivity contribution is 7.15. The van der Waals surface area contributed by atoms with Gasteiger partial charge in [0.1, 0.15) is 0 Å². The van der Waals surface area contributed by atoms with Gasteiger partial charge in [0.25, 0.3) is 0 Å². The van der Waals surface area contributed by atoms with Crippen LogP contribution in [0.25, 0.3) is 0 Å². The average molecular weight is 281 g/mol. The van der Waals surface area contributed by atoms with Crippen LogP contribution in [0, 0.1) is 0 Å². The third-order valence-electron chi connectivity index (χ3n) is 4.21. The van der Waals surface area contributed by atoms with E-state index in [-0.39, 0.29) is 0 Å². The maximum absolute atomic E-state index is 5.37. The van der Waals surface area contributed by atoms with Crippen molar-refractivity contribution in [2.24, 2.45) is 5.84 Å². The van der Waals surface area contributed by atoms with E-state index in [0.717, 1.165) is 17.7 Å². The predicted molar refractivity (Wildman–Crippen MR) is 79.0 cm³/mol. The van der Waals surface area contributed by atoms with Crippen molar-refractivity contribution < 1.29 is 0 Å². The number of piperidine rings is 1. The molecule has 0 saturated carbocycles. The zero-order valence-corrected chi connectivity index (χ0v) is 12.2. The van der Waals surface area contributed by atoms with Crippen LogP contribution in [0.1, 0.15) is 30.6 Å². The predicted octanol–water partition coefficient (Wildman–Crippen LogP) is 1.49. The number of thiazole rings is 1. The summed E-state index contributed by atoms with van der Waals surface area (Å²) in [6.45, 7) is 6.05. The highest BCUT2D eigenvalue weighted by Gasteiger charge is 2.28. The first kappa shape index (κ1) is 13.3. The molecule has 0 amide bonds. The number of nitrogens with zero attached hydrogens (tertiary/aromatic N) is 3. The third-order valence-corrected chi connectivity index (χ3v) is 5.12. The number of nitrogen functional groups attached to an aromatic ring is 1. The second-order valence-electron chi connectivity index (χ2n) is 5.55. The minimum absolute atomic E-state index is 0.778. The number of nitrogens with two attached hydrogens (primary N) is 1. The summed E-state index contributed by atoms with van der Waals surface area (Å²) in [6, 6.07) is 0.778. The number of likely N-dealkylation sites (tertiary alicyclic amines) is 2. The van der Waals surface area contributed by atoms with Crippen molar-refractivity contribution in [2.45, 2.75) is 38.3 Å². The van der Waals surface area contributed by atoms with E-state index in [1.165, 1.54) is 56.7 Å². The molecule has 3 heterocycles. The number of hydrazine groups is 1. The van der Waals surface area contributed by atoms with Crippen LogP contribution in [0.2, 0.25) is 0 Å². The number of hydrogen-bond acceptors (Lipinski definition) is 6. The second kappa shape index (κ2) is 6.17. The summed E-state index contributed by atoms with van der Waals surface area (Å²) in [5.41, 5.74) is 2.61. The van der Waals surface area contributed by atoms with Crippen LogP contribution in [0.3, 0.4) is 0 Å². The Morgan fingerprint density at radius 1 is 1.32 bits per heavy atom. The molecule has 1 unspecified atom stereocenters. The normalized spacial score (nSPS) is 25.8. The molecule has 1 aromatic heterocycles. The Kier molecular flexibility index (Phi) is 4.32. The maximum Gasteiger partial charge on any atom is 0.197 e. The molecule has 0 bridgehead atoms. The SMILES string of the molecule is NNc1ncc(CN2CCC(N3CCCCC3)C2)s1. The summed E-state index contributed by atoms with van der Waals surface area (Å²) < 4.78 is 0. The molecule has 106 valence electrons. The number of rotatable bonds is 4. The highest BCUT2D eigenvalue weighted by atomic mass is 32.1. The lowest BCUT2D eigenvalue weighted by Gasteiger charge is -2.32. The van der Waals surface area contributed by atoms with E-state index < -0.39 is 0 Å². The van der Waals surface area contributed by atoms with Crippen molar-refractivity contribution in [1.29, 1.82) is 0 Å². The second-order valence-corrected chi connectivity index (χ2v) is 6.67. The van der Waals surface area contributed by atoms with E-state index in [9.17, 15) is 0 Å². The van der Waals surface area contributed by atoms with Gasteiger partial charge in [-0.15, -0.1) is 0 Å². The molecule has 3 N–H and O–H groups in total. The molecule has 2 saturated heterocycles. The van der Waals surface area contributed by atoms with Crippen molar-refractivity contribution in [3.63, 3.8) is 0 Å². The van der Waals surface area contributed by atoms with Crippen LogP contribution in [-0.4, -0.2) is 47.0 Å². The van der Waals surface area contributed by atoms with Gasteiger partial charge in [0.15, 0.2) is 5.13 Å². The highest BCUT2D eigenvalue weighted by Crippen LogP contribution is 2.24. The van der Waals surface area contributed by atoms with Crippen molar-refractivity contribution >= 4 is 16.5 Å². The smallest absolute Gasteiger partial charge is 0.197 e. The van der Waals surface area contributed by atoms with Gasteiger partial charge in [-0.05, 0) is 32.4 Å². The molecule has 1 atom stereocenters. The number of aromatic nitrogens is 1. The van der Waals surface area contributed by atoms with Crippen molar-refractivity contribution in [3.05, 3.63) is 11.1 Å². The maximum atomic E-state index is 5.37. The molecule has 0 spiro atoms. The van der Waals surface area contributed by atoms with E-state index >= 15 is 0 Å². The Balaban J connectivity index is 1.51. The molecule has 6 heteroatoms. The number of hydrogen-bond donors (Lipinski definition) is 2. The van der Waals surface area contributed by atoms with Gasteiger partial charge >= 0.3 is 0 Å². The summed E-state index contributed by atoms with van der Waals surface area (Å²) in [6.07, 6.45) is 7.45. The van der Waals surface area contributed by atoms with Crippen LogP contribution in [0.5, 0.6) is 0 Å². The van der Waals surface area contributed by atoms with E-state index in [1.807, 2.05) is 6.20 Å². The van der Waals surface area contributed by atoms with Crippen LogP contribution in [-0.2, 0) is 6.54 Å². The first-order chi connectivity index (χ1) is 9.35. The van der Waals surface area contributed by atoms with Gasteiger partial charge in [0.05, 0.1) is 0 Å². The van der Waals surface area contributed by atoms with E-state index in [2.05, 4.69) is 20.2 Å². The van der Waals surface area contributed by atoms with Crippen LogP contribution >= 0.6 is 11.3 Å². The summed E-state index contributed by atoms with van der Waals surface area (Å²) >= 11 is 1.65. The van der Waals surface area contributed by atoms with Gasteiger partial charge in [-0.1, -0.05) is 17.8 Å². The van der Waals surface area contributed by atoms with Crippen molar-refractivity contribution in [1.82, 2.24) is 14.8 Å². The number of nitrogens with one attached hydrogen (secondary N) is 1. The van der Waals surface area contributed by atoms with Gasteiger partial charge in [0.2, 0.25) is 0 Å². The molecule has 0 aliphatic carbocycles. The van der Waals surface area contributed by atoms with Crippen molar-refractivity contribution in [2.75, 3.05) is 31.6 Å². The Morgan fingerprint density at radius 2 is 2.16 bits per heavy atom. The first-order valence-electron chi connectivity index (χ1n) is 7.23. The molecule has 1 aromatic rings. The standard InChI is InChI=1S/C13H23N5S/c14-16-13-15-8-12(19-13)10-17-7-4-11(9-17)18-5-2-1-3-6-18/h8,11H,1-7,9-10,14H2,(H,15,16). The Labute approximate surface area is 118 Å². The van der Waals surface area contributed by atoms with Gasteiger partial charge < -0.3 is 0 Å². The van der Waals surface area contributed by atoms with E-state index in [0.29, 0.717) is 0 Å². The molecule has 19 heavy (non-hydrogen) atoms. The Bertz CT molecular complexity index is 401. The fraction of sp³-hybridized carbons (Fsp3) is 0.769. The largest absolute Gasteiger partial charge is 0.300 e. The van der Waals surface area contributed by atoms with Crippen LogP contribution in [0.4, 0.5) is 5.13 Å². The fourth-order valence-electron chi connectivity index (χ4n) is 3.21. The van der Waals surface area contributed by atoms with E-state index in [4.69, 9.17) is 5.84 Å². The average Bonchev–Trinajstić information content (AvgIpc) is 3.09. The lowest BCUT2D eigenvalue weighted by molar-refractivity contribution is 0.161. The first-order valence-corrected chi connectivity index (χ1v) is 8.04. The molecule has 3 rings (SSSR count). The third kappa shape index (κ3) is 3.25. The Hall–Kier alpha value is -0.690. The monoisotopic (exact) mass is 281 g/mol. The van der Waals surface area contributed by atoms with Crippen LogP contribution < -0.4 is 11.3 Å². The molecule has 2 fully saturated rings. The molecule has 0 radical (unpaired) electrons. The lowest BCUT2D eigenvalue weighted by Crippen LogP contribution is -2.40. The minimum Gasteiger partial charge on any atom is -0.300 e. The molecule has 5 nitrogen and oxygen atoms in total. The Morgan fingerprint density at radius 3 is 2.89 bits per heavy atom. The number of anilines is 1. The summed E-state index contributed by atoms with van der Waals surface area (Å²) in [5, 5.41) is 0.807. The van der Waals surface area contributed by atoms with Crippen LogP contribution in [0.15, 0.2) is 6.20 Å². The molecule has 0 aromatic carbocycles. The zero-order valence-electron chi connectivity index (χ0n) is 11.3. The molecular weight excluding hydrogens is 258 g/mol. The summed E-state index contributed by atoms with van der Waals surface area (Å²) in [7, 11) is 0. The molecule has 2 aliphatic rings. The molecule has 2 aliphatic heterocycles.